The maximum Gasteiger partial charge on any atom is 0.408 e. The van der Waals surface area contributed by atoms with Crippen molar-refractivity contribution in [2.75, 3.05) is 6.54 Å². The lowest BCUT2D eigenvalue weighted by Gasteiger charge is -2.34. The number of pyridine rings is 2. The molecule has 6 rings (SSSR count). The predicted molar refractivity (Wildman–Crippen MR) is 169 cm³/mol. The topological polar surface area (TPSA) is 131 Å². The van der Waals surface area contributed by atoms with Crippen LogP contribution in [0.3, 0.4) is 0 Å². The number of rotatable bonds is 2. The molecule has 0 radical (unpaired) electrons. The van der Waals surface area contributed by atoms with E-state index in [-0.39, 0.29) is 30.9 Å². The molecule has 1 saturated carbocycles. The minimum absolute atomic E-state index is 0.0549. The zero-order chi connectivity index (χ0) is 31.9. The van der Waals surface area contributed by atoms with Crippen molar-refractivity contribution >= 4 is 28.9 Å². The molecule has 0 spiro atoms. The Morgan fingerprint density at radius 2 is 1.80 bits per heavy atom. The summed E-state index contributed by atoms with van der Waals surface area (Å²) in [5, 5.41) is 14.0. The second-order valence-corrected chi connectivity index (χ2v) is 13.8. The van der Waals surface area contributed by atoms with Gasteiger partial charge in [-0.15, -0.1) is 0 Å². The van der Waals surface area contributed by atoms with Gasteiger partial charge in [-0.1, -0.05) is 58.7 Å². The van der Waals surface area contributed by atoms with Gasteiger partial charge in [-0.25, -0.2) is 14.6 Å². The summed E-state index contributed by atoms with van der Waals surface area (Å²) in [7, 11) is 0. The number of para-hydroxylation sites is 1. The summed E-state index contributed by atoms with van der Waals surface area (Å²) < 4.78 is 12.4. The number of alkyl carbamates (subject to hydrolysis) is 1. The molecule has 1 aromatic carbocycles. The van der Waals surface area contributed by atoms with Gasteiger partial charge in [-0.05, 0) is 59.9 Å². The van der Waals surface area contributed by atoms with Gasteiger partial charge < -0.3 is 24.8 Å². The third kappa shape index (κ3) is 6.32. The molecule has 2 aliphatic heterocycles. The van der Waals surface area contributed by atoms with Crippen molar-refractivity contribution in [3.63, 3.8) is 0 Å². The molecule has 4 heterocycles. The van der Waals surface area contributed by atoms with Crippen LogP contribution in [0.15, 0.2) is 48.8 Å². The zero-order valence-electron chi connectivity index (χ0n) is 26.4. The minimum atomic E-state index is -1.12. The molecule has 2 fully saturated rings. The van der Waals surface area contributed by atoms with E-state index >= 15 is 0 Å². The molecule has 2 amide bonds. The molecule has 10 heteroatoms. The number of benzene rings is 1. The van der Waals surface area contributed by atoms with Gasteiger partial charge in [0.25, 0.3) is 0 Å². The highest BCUT2D eigenvalue weighted by Crippen LogP contribution is 2.45. The smallest absolute Gasteiger partial charge is 0.408 e. The van der Waals surface area contributed by atoms with Crippen molar-refractivity contribution in [2.24, 2.45) is 17.3 Å². The second kappa shape index (κ2) is 12.3. The van der Waals surface area contributed by atoms with Crippen LogP contribution in [0, 0.1) is 17.3 Å². The second-order valence-electron chi connectivity index (χ2n) is 13.8. The van der Waals surface area contributed by atoms with Crippen LogP contribution in [0.1, 0.15) is 65.4 Å². The molecule has 10 nitrogen and oxygen atoms in total. The lowest BCUT2D eigenvalue weighted by Crippen LogP contribution is -2.57. The zero-order valence-corrected chi connectivity index (χ0v) is 26.4. The highest BCUT2D eigenvalue weighted by molar-refractivity contribution is 5.97. The number of nitrogens with one attached hydrogen (secondary N) is 1. The fourth-order valence-corrected chi connectivity index (χ4v) is 7.00. The third-order valence-electron chi connectivity index (χ3n) is 9.59. The number of carboxylic acid groups (broad SMARTS) is 1. The summed E-state index contributed by atoms with van der Waals surface area (Å²) in [6, 6.07) is 9.83. The SMILES string of the molecule is CC1[C@H]2CCCCCc3c(nc4ccccc4c3-c3ccncc3)O[C@@H]3C[C@@H](C(=O)O)N(C3)C(=O)[C@H](C(C)(C)C)NC(=O)O[C@H]12. The predicted octanol–water partition coefficient (Wildman–Crippen LogP) is 5.62. The van der Waals surface area contributed by atoms with Crippen LogP contribution in [0.5, 0.6) is 5.88 Å². The molecule has 2 aromatic heterocycles. The van der Waals surface area contributed by atoms with E-state index < -0.39 is 41.6 Å². The summed E-state index contributed by atoms with van der Waals surface area (Å²) in [6.07, 6.45) is 6.78. The van der Waals surface area contributed by atoms with Crippen molar-refractivity contribution < 1.29 is 29.0 Å². The molecule has 2 N–H and O–H groups in total. The van der Waals surface area contributed by atoms with Crippen LogP contribution >= 0.6 is 0 Å². The van der Waals surface area contributed by atoms with Gasteiger partial charge in [0, 0.05) is 35.7 Å². The van der Waals surface area contributed by atoms with E-state index in [1.807, 2.05) is 51.1 Å². The van der Waals surface area contributed by atoms with Crippen LogP contribution in [0.4, 0.5) is 4.79 Å². The van der Waals surface area contributed by atoms with E-state index in [0.717, 1.165) is 59.7 Å². The Hall–Kier alpha value is -4.21. The number of carboxylic acids is 1. The lowest BCUT2D eigenvalue weighted by molar-refractivity contribution is -0.150. The first-order valence-electron chi connectivity index (χ1n) is 16.0. The fourth-order valence-electron chi connectivity index (χ4n) is 7.00. The minimum Gasteiger partial charge on any atom is -0.480 e. The Morgan fingerprint density at radius 3 is 2.53 bits per heavy atom. The Balaban J connectivity index is 1.41. The summed E-state index contributed by atoms with van der Waals surface area (Å²) in [5.41, 5.74) is 3.09. The summed E-state index contributed by atoms with van der Waals surface area (Å²) in [4.78, 5) is 50.1. The number of hydrogen-bond donors (Lipinski definition) is 2. The number of carbonyl (C=O) groups is 3. The normalized spacial score (nSPS) is 27.7. The number of aliphatic carboxylic acids is 1. The van der Waals surface area contributed by atoms with Crippen molar-refractivity contribution in [1.29, 1.82) is 0 Å². The van der Waals surface area contributed by atoms with Gasteiger partial charge in [0.15, 0.2) is 0 Å². The maximum atomic E-state index is 14.0. The number of hydrogen-bond acceptors (Lipinski definition) is 7. The third-order valence-corrected chi connectivity index (χ3v) is 9.59. The van der Waals surface area contributed by atoms with E-state index in [2.05, 4.69) is 23.3 Å². The Morgan fingerprint density at radius 1 is 1.04 bits per heavy atom. The number of amides is 2. The number of fused-ring (bicyclic) bond motifs is 5. The first-order chi connectivity index (χ1) is 21.5. The molecule has 2 bridgehead atoms. The molecular weight excluding hydrogens is 572 g/mol. The van der Waals surface area contributed by atoms with Gasteiger partial charge in [-0.3, -0.25) is 9.78 Å². The molecule has 45 heavy (non-hydrogen) atoms. The maximum absolute atomic E-state index is 14.0. The fraction of sp³-hybridized carbons (Fsp3) is 0.514. The van der Waals surface area contributed by atoms with Crippen LogP contribution < -0.4 is 10.1 Å². The Labute approximate surface area is 263 Å². The number of aromatic nitrogens is 2. The van der Waals surface area contributed by atoms with E-state index in [4.69, 9.17) is 14.5 Å². The first-order valence-corrected chi connectivity index (χ1v) is 16.0. The Kier molecular flexibility index (Phi) is 8.41. The molecule has 1 saturated heterocycles. The summed E-state index contributed by atoms with van der Waals surface area (Å²) in [6.45, 7) is 7.67. The summed E-state index contributed by atoms with van der Waals surface area (Å²) >= 11 is 0. The van der Waals surface area contributed by atoms with Gasteiger partial charge in [0.05, 0.1) is 12.1 Å². The molecule has 1 unspecified atom stereocenters. The van der Waals surface area contributed by atoms with Crippen LogP contribution in [-0.4, -0.2) is 68.8 Å². The molecule has 6 atom stereocenters. The molecule has 3 aliphatic rings. The highest BCUT2D eigenvalue weighted by atomic mass is 16.6. The first kappa shape index (κ1) is 30.8. The van der Waals surface area contributed by atoms with Gasteiger partial charge in [0.1, 0.15) is 24.3 Å². The molecule has 1 aliphatic carbocycles. The number of nitrogens with zero attached hydrogens (tertiary/aromatic N) is 3. The van der Waals surface area contributed by atoms with Crippen molar-refractivity contribution in [2.45, 2.75) is 90.5 Å². The van der Waals surface area contributed by atoms with E-state index in [1.54, 1.807) is 12.4 Å². The van der Waals surface area contributed by atoms with Gasteiger partial charge >= 0.3 is 12.1 Å². The number of ether oxygens (including phenoxy) is 2. The number of carbonyl (C=O) groups excluding carboxylic acids is 2. The van der Waals surface area contributed by atoms with Crippen molar-refractivity contribution in [1.82, 2.24) is 20.2 Å². The van der Waals surface area contributed by atoms with E-state index in [0.29, 0.717) is 5.88 Å². The average molecular weight is 615 g/mol. The highest BCUT2D eigenvalue weighted by Gasteiger charge is 2.50. The van der Waals surface area contributed by atoms with Crippen LogP contribution in [-0.2, 0) is 20.7 Å². The van der Waals surface area contributed by atoms with Crippen molar-refractivity contribution in [3.05, 3.63) is 54.4 Å². The van der Waals surface area contributed by atoms with Crippen LogP contribution in [0.25, 0.3) is 22.0 Å². The Bertz CT molecular complexity index is 1590. The monoisotopic (exact) mass is 614 g/mol. The van der Waals surface area contributed by atoms with Crippen molar-refractivity contribution in [3.8, 4) is 17.0 Å². The van der Waals surface area contributed by atoms with E-state index in [1.165, 1.54) is 4.90 Å². The van der Waals surface area contributed by atoms with Crippen LogP contribution in [0.2, 0.25) is 0 Å². The average Bonchev–Trinajstić information content (AvgIpc) is 3.39. The summed E-state index contributed by atoms with van der Waals surface area (Å²) in [5.74, 6) is -0.587. The van der Waals surface area contributed by atoms with E-state index in [9.17, 15) is 19.5 Å². The quantitative estimate of drug-likeness (QED) is 0.380. The standard InChI is InChI=1S/C35H42N4O6/c1-20-23-10-6-5-7-12-25-28(21-14-16-36-17-15-21)24-11-8-9-13-26(24)37-31(25)44-22-18-27(33(41)42)39(19-22)32(40)30(35(2,3)4)38-34(43)45-29(20)23/h8-9,11,13-17,20,22-23,27,29-30H,5-7,10,12,18-19H2,1-4H3,(H,38,43)(H,41,42)/t20?,22-,23-,27+,29-,30-/m1/s1. The largest absolute Gasteiger partial charge is 0.480 e. The van der Waals surface area contributed by atoms with Gasteiger partial charge in [-0.2, -0.15) is 0 Å². The molecular formula is C35H42N4O6. The van der Waals surface area contributed by atoms with Gasteiger partial charge in [0.2, 0.25) is 11.8 Å². The lowest BCUT2D eigenvalue weighted by atomic mass is 9.85. The molecule has 3 aromatic rings. The molecule has 238 valence electrons.